The lowest BCUT2D eigenvalue weighted by Crippen LogP contribution is -2.44. The van der Waals surface area contributed by atoms with Crippen LogP contribution >= 0.6 is 0 Å². The second-order valence-electron chi connectivity index (χ2n) is 5.49. The van der Waals surface area contributed by atoms with E-state index in [0.29, 0.717) is 43.9 Å². The van der Waals surface area contributed by atoms with Crippen LogP contribution in [0.2, 0.25) is 0 Å². The van der Waals surface area contributed by atoms with E-state index in [-0.39, 0.29) is 12.2 Å². The van der Waals surface area contributed by atoms with Crippen LogP contribution in [0.4, 0.5) is 4.79 Å². The minimum absolute atomic E-state index is 0.215. The van der Waals surface area contributed by atoms with Crippen LogP contribution in [-0.2, 0) is 10.2 Å². The highest BCUT2D eigenvalue weighted by Crippen LogP contribution is 2.42. The fraction of sp³-hybridized carbons (Fsp3) is 0.467. The van der Waals surface area contributed by atoms with E-state index >= 15 is 0 Å². The lowest BCUT2D eigenvalue weighted by molar-refractivity contribution is -0.109. The predicted octanol–water partition coefficient (Wildman–Crippen LogP) is 2.02. The summed E-state index contributed by atoms with van der Waals surface area (Å²) in [6.07, 6.45) is 1.68. The van der Waals surface area contributed by atoms with Gasteiger partial charge in [-0.3, -0.25) is 0 Å². The maximum Gasteiger partial charge on any atom is 0.407 e. The minimum Gasteiger partial charge on any atom is -0.465 e. The van der Waals surface area contributed by atoms with Gasteiger partial charge < -0.3 is 24.3 Å². The lowest BCUT2D eigenvalue weighted by atomic mass is 9.71. The van der Waals surface area contributed by atoms with Crippen LogP contribution in [0.5, 0.6) is 11.5 Å². The lowest BCUT2D eigenvalue weighted by Gasteiger charge is -2.40. The fourth-order valence-corrected chi connectivity index (χ4v) is 3.12. The number of aldehydes is 1. The van der Waals surface area contributed by atoms with Crippen LogP contribution in [0.1, 0.15) is 24.8 Å². The van der Waals surface area contributed by atoms with Crippen LogP contribution in [0.15, 0.2) is 18.2 Å². The van der Waals surface area contributed by atoms with Gasteiger partial charge in [-0.2, -0.15) is 0 Å². The number of rotatable bonds is 3. The smallest absolute Gasteiger partial charge is 0.407 e. The molecule has 3 rings (SSSR count). The van der Waals surface area contributed by atoms with Gasteiger partial charge in [0.1, 0.15) is 6.29 Å². The molecule has 1 aromatic carbocycles. The van der Waals surface area contributed by atoms with Crippen molar-refractivity contribution in [2.45, 2.75) is 24.7 Å². The summed E-state index contributed by atoms with van der Waals surface area (Å²) in [5.74, 6) is 1.40. The Morgan fingerprint density at radius 1 is 1.29 bits per heavy atom. The molecule has 0 spiro atoms. The summed E-state index contributed by atoms with van der Waals surface area (Å²) >= 11 is 0. The molecule has 0 atom stereocenters. The molecule has 2 heterocycles. The zero-order valence-corrected chi connectivity index (χ0v) is 11.6. The molecule has 0 unspecified atom stereocenters. The molecule has 2 aliphatic rings. The second-order valence-corrected chi connectivity index (χ2v) is 5.49. The van der Waals surface area contributed by atoms with E-state index in [1.54, 1.807) is 0 Å². The van der Waals surface area contributed by atoms with Gasteiger partial charge in [0, 0.05) is 24.9 Å². The number of hydrogen-bond donors (Lipinski definition) is 1. The Balaban J connectivity index is 1.88. The van der Waals surface area contributed by atoms with E-state index in [1.165, 1.54) is 4.90 Å². The Morgan fingerprint density at radius 2 is 2.00 bits per heavy atom. The number of nitrogens with zero attached hydrogens (tertiary/aromatic N) is 1. The molecule has 1 saturated heterocycles. The number of carbonyl (C=O) groups excluding carboxylic acids is 1. The molecular weight excluding hydrogens is 274 g/mol. The number of piperidine rings is 1. The van der Waals surface area contributed by atoms with Gasteiger partial charge in [0.25, 0.3) is 0 Å². The molecule has 1 fully saturated rings. The molecular formula is C15H17NO5. The van der Waals surface area contributed by atoms with Gasteiger partial charge >= 0.3 is 6.09 Å². The number of carbonyl (C=O) groups is 2. The maximum atomic E-state index is 11.1. The average molecular weight is 291 g/mol. The molecule has 2 aliphatic heterocycles. The van der Waals surface area contributed by atoms with E-state index in [9.17, 15) is 9.59 Å². The summed E-state index contributed by atoms with van der Waals surface area (Å²) in [5, 5.41) is 9.06. The number of fused-ring (bicyclic) bond motifs is 1. The predicted molar refractivity (Wildman–Crippen MR) is 73.8 cm³/mol. The van der Waals surface area contributed by atoms with E-state index in [0.717, 1.165) is 11.8 Å². The van der Waals surface area contributed by atoms with Crippen LogP contribution in [0, 0.1) is 0 Å². The zero-order valence-electron chi connectivity index (χ0n) is 11.6. The van der Waals surface area contributed by atoms with Gasteiger partial charge in [0.05, 0.1) is 0 Å². The Labute approximate surface area is 122 Å². The van der Waals surface area contributed by atoms with Gasteiger partial charge in [-0.05, 0) is 30.5 Å². The first-order valence-electron chi connectivity index (χ1n) is 6.96. The molecule has 0 saturated carbocycles. The van der Waals surface area contributed by atoms with E-state index < -0.39 is 6.09 Å². The number of amides is 1. The van der Waals surface area contributed by atoms with Crippen molar-refractivity contribution in [2.75, 3.05) is 19.9 Å². The third kappa shape index (κ3) is 2.41. The standard InChI is InChI=1S/C15H17NO5/c17-8-5-15(3-6-16(7-4-15)14(18)19)11-1-2-12-13(9-11)21-10-20-12/h1-2,8-9H,3-7,10H2,(H,18,19). The van der Waals surface area contributed by atoms with E-state index in [4.69, 9.17) is 14.6 Å². The first-order chi connectivity index (χ1) is 10.1. The van der Waals surface area contributed by atoms with Crippen molar-refractivity contribution in [3.05, 3.63) is 23.8 Å². The summed E-state index contributed by atoms with van der Waals surface area (Å²) in [6, 6.07) is 5.73. The quantitative estimate of drug-likeness (QED) is 0.862. The first kappa shape index (κ1) is 13.7. The Morgan fingerprint density at radius 3 is 2.67 bits per heavy atom. The third-order valence-corrected chi connectivity index (χ3v) is 4.45. The number of carboxylic acid groups (broad SMARTS) is 1. The Hall–Kier alpha value is -2.24. The summed E-state index contributed by atoms with van der Waals surface area (Å²) in [7, 11) is 0. The van der Waals surface area contributed by atoms with E-state index in [2.05, 4.69) is 0 Å². The molecule has 0 aliphatic carbocycles. The molecule has 6 heteroatoms. The maximum absolute atomic E-state index is 11.1. The summed E-state index contributed by atoms with van der Waals surface area (Å²) in [5.41, 5.74) is 0.707. The molecule has 21 heavy (non-hydrogen) atoms. The highest BCUT2D eigenvalue weighted by Gasteiger charge is 2.38. The van der Waals surface area contributed by atoms with Crippen LogP contribution in [-0.4, -0.2) is 42.3 Å². The van der Waals surface area contributed by atoms with Crippen molar-refractivity contribution in [1.82, 2.24) is 4.90 Å². The van der Waals surface area contributed by atoms with Crippen molar-refractivity contribution >= 4 is 12.4 Å². The summed E-state index contributed by atoms with van der Waals surface area (Å²) in [4.78, 5) is 23.5. The summed E-state index contributed by atoms with van der Waals surface area (Å²) in [6.45, 7) is 1.10. The summed E-state index contributed by atoms with van der Waals surface area (Å²) < 4.78 is 10.7. The van der Waals surface area contributed by atoms with Gasteiger partial charge in [0.2, 0.25) is 6.79 Å². The minimum atomic E-state index is -0.902. The van der Waals surface area contributed by atoms with Crippen LogP contribution in [0.3, 0.4) is 0 Å². The third-order valence-electron chi connectivity index (χ3n) is 4.45. The number of benzene rings is 1. The van der Waals surface area contributed by atoms with Crippen molar-refractivity contribution in [3.63, 3.8) is 0 Å². The first-order valence-corrected chi connectivity index (χ1v) is 6.96. The van der Waals surface area contributed by atoms with Crippen LogP contribution in [0.25, 0.3) is 0 Å². The molecule has 1 aromatic rings. The van der Waals surface area contributed by atoms with Crippen molar-refractivity contribution in [3.8, 4) is 11.5 Å². The average Bonchev–Trinajstić information content (AvgIpc) is 2.95. The van der Waals surface area contributed by atoms with Crippen LogP contribution < -0.4 is 9.47 Å². The monoisotopic (exact) mass is 291 g/mol. The molecule has 0 bridgehead atoms. The number of hydrogen-bond acceptors (Lipinski definition) is 4. The van der Waals surface area contributed by atoms with Crippen molar-refractivity contribution in [1.29, 1.82) is 0 Å². The normalized spacial score (nSPS) is 19.3. The number of likely N-dealkylation sites (tertiary alicyclic amines) is 1. The van der Waals surface area contributed by atoms with Gasteiger partial charge in [-0.1, -0.05) is 6.07 Å². The van der Waals surface area contributed by atoms with Gasteiger partial charge in [-0.15, -0.1) is 0 Å². The van der Waals surface area contributed by atoms with Crippen molar-refractivity contribution in [2.24, 2.45) is 0 Å². The Kier molecular flexibility index (Phi) is 3.45. The highest BCUT2D eigenvalue weighted by atomic mass is 16.7. The molecule has 0 radical (unpaired) electrons. The Bertz CT molecular complexity index is 563. The molecule has 6 nitrogen and oxygen atoms in total. The zero-order chi connectivity index (χ0) is 14.9. The fourth-order valence-electron chi connectivity index (χ4n) is 3.12. The van der Waals surface area contributed by atoms with E-state index in [1.807, 2.05) is 18.2 Å². The second kappa shape index (κ2) is 5.27. The largest absolute Gasteiger partial charge is 0.465 e. The molecule has 1 N–H and O–H groups in total. The molecule has 112 valence electrons. The van der Waals surface area contributed by atoms with Crippen molar-refractivity contribution < 1.29 is 24.2 Å². The number of ether oxygens (including phenoxy) is 2. The molecule has 1 amide bonds. The highest BCUT2D eigenvalue weighted by molar-refractivity contribution is 5.65. The topological polar surface area (TPSA) is 76.1 Å². The molecule has 0 aromatic heterocycles. The SMILES string of the molecule is O=CCC1(c2ccc3c(c2)OCO3)CCN(C(=O)O)CC1. The van der Waals surface area contributed by atoms with Gasteiger partial charge in [0.15, 0.2) is 11.5 Å². The van der Waals surface area contributed by atoms with Gasteiger partial charge in [-0.25, -0.2) is 4.79 Å².